The van der Waals surface area contributed by atoms with Gasteiger partial charge in [-0.25, -0.2) is 4.98 Å². The average Bonchev–Trinajstić information content (AvgIpc) is 3.31. The van der Waals surface area contributed by atoms with Crippen molar-refractivity contribution in [3.8, 4) is 11.3 Å². The zero-order valence-electron chi connectivity index (χ0n) is 19.2. The van der Waals surface area contributed by atoms with E-state index >= 15 is 0 Å². The van der Waals surface area contributed by atoms with Crippen LogP contribution in [-0.4, -0.2) is 40.8 Å². The van der Waals surface area contributed by atoms with E-state index in [0.717, 1.165) is 29.0 Å². The van der Waals surface area contributed by atoms with Crippen LogP contribution < -0.4 is 16.0 Å². The quantitative estimate of drug-likeness (QED) is 0.343. The predicted octanol–water partition coefficient (Wildman–Crippen LogP) is 4.33. The van der Waals surface area contributed by atoms with Crippen LogP contribution in [-0.2, 0) is 16.1 Å². The summed E-state index contributed by atoms with van der Waals surface area (Å²) in [5.41, 5.74) is 3.11. The molecule has 9 heteroatoms. The number of thiazole rings is 1. The van der Waals surface area contributed by atoms with Gasteiger partial charge in [-0.3, -0.25) is 14.4 Å². The molecule has 3 amide bonds. The topological polar surface area (TPSA) is 100 Å². The molecule has 1 heterocycles. The lowest BCUT2D eigenvalue weighted by Crippen LogP contribution is -2.43. The number of aromatic nitrogens is 1. The second kappa shape index (κ2) is 12.9. The van der Waals surface area contributed by atoms with Crippen LogP contribution >= 0.6 is 23.1 Å². The lowest BCUT2D eigenvalue weighted by molar-refractivity contribution is -0.119. The molecule has 178 valence electrons. The smallest absolute Gasteiger partial charge is 0.251 e. The summed E-state index contributed by atoms with van der Waals surface area (Å²) in [6.07, 6.45) is 3.33. The molecular weight excluding hydrogens is 468 g/mol. The zero-order chi connectivity index (χ0) is 24.3. The van der Waals surface area contributed by atoms with Crippen molar-refractivity contribution in [1.82, 2.24) is 15.6 Å². The number of rotatable bonds is 11. The number of nitrogens with one attached hydrogen (secondary N) is 3. The highest BCUT2D eigenvalue weighted by molar-refractivity contribution is 7.98. The van der Waals surface area contributed by atoms with Gasteiger partial charge in [-0.15, -0.1) is 11.3 Å². The molecule has 0 fully saturated rings. The first-order valence-electron chi connectivity index (χ1n) is 10.9. The highest BCUT2D eigenvalue weighted by Crippen LogP contribution is 2.24. The Balaban J connectivity index is 1.65. The molecule has 3 aromatic rings. The third kappa shape index (κ3) is 7.71. The van der Waals surface area contributed by atoms with E-state index < -0.39 is 6.04 Å². The minimum atomic E-state index is -0.678. The number of anilines is 1. The molecule has 7 nitrogen and oxygen atoms in total. The molecule has 0 aliphatic rings. The fourth-order valence-corrected chi connectivity index (χ4v) is 4.39. The summed E-state index contributed by atoms with van der Waals surface area (Å²) in [4.78, 5) is 41.4. The molecular formula is C25H28N4O3S2. The van der Waals surface area contributed by atoms with Crippen molar-refractivity contribution >= 4 is 46.0 Å². The fraction of sp³-hybridized carbons (Fsp3) is 0.280. The van der Waals surface area contributed by atoms with Gasteiger partial charge in [0.25, 0.3) is 5.91 Å². The van der Waals surface area contributed by atoms with Crippen LogP contribution in [0.15, 0.2) is 60.0 Å². The monoisotopic (exact) mass is 496 g/mol. The van der Waals surface area contributed by atoms with Crippen LogP contribution in [0, 0.1) is 0 Å². The highest BCUT2D eigenvalue weighted by atomic mass is 32.2. The molecule has 0 bridgehead atoms. The molecule has 0 aliphatic carbocycles. The summed E-state index contributed by atoms with van der Waals surface area (Å²) in [5.74, 6) is 0.176. The first-order valence-corrected chi connectivity index (χ1v) is 13.2. The summed E-state index contributed by atoms with van der Waals surface area (Å²) in [5, 5.41) is 10.8. The van der Waals surface area contributed by atoms with Crippen LogP contribution in [0.4, 0.5) is 5.13 Å². The summed E-state index contributed by atoms with van der Waals surface area (Å²) in [6.45, 7) is 1.86. The van der Waals surface area contributed by atoms with Gasteiger partial charge in [0, 0.05) is 30.0 Å². The Labute approximate surface area is 207 Å². The van der Waals surface area contributed by atoms with Crippen LogP contribution in [0.5, 0.6) is 0 Å². The van der Waals surface area contributed by atoms with E-state index in [1.807, 2.05) is 42.0 Å². The standard InChI is InChI=1S/C25H28N4O3S2/c1-17(30)26-15-18-10-12-20(13-11-18)23(31)27-21(9-6-14-33-2)24(32)29-25-28-22(16-34-25)19-7-4-3-5-8-19/h3-5,7-8,10-13,16,21H,6,9,14-15H2,1-2H3,(H,26,30)(H,27,31)(H,28,29,32)/t21-/m0/s1. The Morgan fingerprint density at radius 1 is 1.06 bits per heavy atom. The normalized spacial score (nSPS) is 11.5. The van der Waals surface area contributed by atoms with E-state index in [1.54, 1.807) is 36.0 Å². The molecule has 0 saturated heterocycles. The Morgan fingerprint density at radius 2 is 1.79 bits per heavy atom. The van der Waals surface area contributed by atoms with E-state index in [4.69, 9.17) is 0 Å². The molecule has 0 saturated carbocycles. The van der Waals surface area contributed by atoms with E-state index in [0.29, 0.717) is 23.7 Å². The molecule has 0 spiro atoms. The number of benzene rings is 2. The first kappa shape index (κ1) is 25.5. The number of carbonyl (C=O) groups excluding carboxylic acids is 3. The Morgan fingerprint density at radius 3 is 2.47 bits per heavy atom. The van der Waals surface area contributed by atoms with Crippen LogP contribution in [0.3, 0.4) is 0 Å². The van der Waals surface area contributed by atoms with E-state index in [-0.39, 0.29) is 17.7 Å². The maximum absolute atomic E-state index is 13.0. The lowest BCUT2D eigenvalue weighted by atomic mass is 10.1. The predicted molar refractivity (Wildman–Crippen MR) is 139 cm³/mol. The van der Waals surface area contributed by atoms with E-state index in [9.17, 15) is 14.4 Å². The molecule has 34 heavy (non-hydrogen) atoms. The number of carbonyl (C=O) groups is 3. The van der Waals surface area contributed by atoms with Crippen LogP contribution in [0.25, 0.3) is 11.3 Å². The van der Waals surface area contributed by atoms with Crippen molar-refractivity contribution in [1.29, 1.82) is 0 Å². The molecule has 1 aromatic heterocycles. The molecule has 0 radical (unpaired) electrons. The van der Waals surface area contributed by atoms with E-state index in [1.165, 1.54) is 18.3 Å². The largest absolute Gasteiger partial charge is 0.352 e. The lowest BCUT2D eigenvalue weighted by Gasteiger charge is -2.18. The second-order valence-electron chi connectivity index (χ2n) is 7.66. The van der Waals surface area contributed by atoms with Gasteiger partial charge < -0.3 is 16.0 Å². The van der Waals surface area contributed by atoms with Gasteiger partial charge in [-0.1, -0.05) is 42.5 Å². The van der Waals surface area contributed by atoms with Crippen LogP contribution in [0.2, 0.25) is 0 Å². The van der Waals surface area contributed by atoms with Gasteiger partial charge in [-0.2, -0.15) is 11.8 Å². The van der Waals surface area contributed by atoms with Gasteiger partial charge in [0.1, 0.15) is 6.04 Å². The molecule has 1 atom stereocenters. The van der Waals surface area contributed by atoms with Crippen molar-refractivity contribution in [2.24, 2.45) is 0 Å². The Bertz CT molecular complexity index is 1100. The van der Waals surface area contributed by atoms with Crippen LogP contribution in [0.1, 0.15) is 35.7 Å². The van der Waals surface area contributed by atoms with Gasteiger partial charge >= 0.3 is 0 Å². The summed E-state index contributed by atoms with van der Waals surface area (Å²) < 4.78 is 0. The maximum Gasteiger partial charge on any atom is 0.251 e. The first-order chi connectivity index (χ1) is 16.5. The number of thioether (sulfide) groups is 1. The van der Waals surface area contributed by atoms with Gasteiger partial charge in [0.05, 0.1) is 5.69 Å². The van der Waals surface area contributed by atoms with Gasteiger partial charge in [-0.05, 0) is 42.5 Å². The average molecular weight is 497 g/mol. The molecule has 0 aliphatic heterocycles. The number of hydrogen-bond donors (Lipinski definition) is 3. The fourth-order valence-electron chi connectivity index (χ4n) is 3.21. The van der Waals surface area contributed by atoms with Crippen molar-refractivity contribution in [2.45, 2.75) is 32.4 Å². The minimum absolute atomic E-state index is 0.114. The number of amides is 3. The molecule has 2 aromatic carbocycles. The summed E-state index contributed by atoms with van der Waals surface area (Å²) >= 11 is 3.05. The van der Waals surface area contributed by atoms with Crippen molar-refractivity contribution < 1.29 is 14.4 Å². The second-order valence-corrected chi connectivity index (χ2v) is 9.50. The summed E-state index contributed by atoms with van der Waals surface area (Å²) in [6, 6.07) is 16.0. The molecule has 3 N–H and O–H groups in total. The van der Waals surface area contributed by atoms with Crippen molar-refractivity contribution in [3.05, 3.63) is 71.1 Å². The molecule has 0 unspecified atom stereocenters. The number of hydrogen-bond acceptors (Lipinski definition) is 6. The van der Waals surface area contributed by atoms with Gasteiger partial charge in [0.15, 0.2) is 5.13 Å². The Hall–Kier alpha value is -3.17. The van der Waals surface area contributed by atoms with Crippen molar-refractivity contribution in [2.75, 3.05) is 17.3 Å². The third-order valence-corrected chi connectivity index (χ3v) is 6.48. The number of nitrogens with zero attached hydrogens (tertiary/aromatic N) is 1. The van der Waals surface area contributed by atoms with Crippen molar-refractivity contribution in [3.63, 3.8) is 0 Å². The van der Waals surface area contributed by atoms with E-state index in [2.05, 4.69) is 20.9 Å². The van der Waals surface area contributed by atoms with Gasteiger partial charge in [0.2, 0.25) is 11.8 Å². The molecule has 3 rings (SSSR count). The maximum atomic E-state index is 13.0. The Kier molecular flexibility index (Phi) is 9.66. The zero-order valence-corrected chi connectivity index (χ0v) is 20.8. The minimum Gasteiger partial charge on any atom is -0.352 e. The third-order valence-electron chi connectivity index (χ3n) is 5.02. The highest BCUT2D eigenvalue weighted by Gasteiger charge is 2.22. The summed E-state index contributed by atoms with van der Waals surface area (Å²) in [7, 11) is 0. The SMILES string of the molecule is CSCCC[C@H](NC(=O)c1ccc(CNC(C)=O)cc1)C(=O)Nc1nc(-c2ccccc2)cs1.